The van der Waals surface area contributed by atoms with Gasteiger partial charge >= 0.3 is 5.97 Å². The first-order valence-electron chi connectivity index (χ1n) is 4.26. The average molecular weight is 220 g/mol. The zero-order valence-electron chi connectivity index (χ0n) is 7.97. The Morgan fingerprint density at radius 3 is 2.73 bits per heavy atom. The molecule has 1 aromatic heterocycles. The summed E-state index contributed by atoms with van der Waals surface area (Å²) in [6, 6.07) is 7.37. The van der Waals surface area contributed by atoms with Gasteiger partial charge in [0.05, 0.1) is 5.52 Å². The summed E-state index contributed by atoms with van der Waals surface area (Å²) in [6.07, 6.45) is 1.86. The van der Waals surface area contributed by atoms with Crippen LogP contribution in [0.5, 0.6) is 0 Å². The van der Waals surface area contributed by atoms with Gasteiger partial charge in [-0.15, -0.1) is 11.8 Å². The van der Waals surface area contributed by atoms with Crippen LogP contribution in [0.25, 0.3) is 10.9 Å². The molecule has 0 bridgehead atoms. The number of thioether (sulfide) groups is 1. The van der Waals surface area contributed by atoms with Gasteiger partial charge in [-0.25, -0.2) is 14.8 Å². The molecule has 1 N–H and O–H groups in total. The van der Waals surface area contributed by atoms with Crippen LogP contribution >= 0.6 is 11.8 Å². The van der Waals surface area contributed by atoms with Gasteiger partial charge in [-0.05, 0) is 12.3 Å². The lowest BCUT2D eigenvalue weighted by Crippen LogP contribution is -2.05. The third-order valence-corrected chi connectivity index (χ3v) is 2.65. The summed E-state index contributed by atoms with van der Waals surface area (Å²) in [7, 11) is 0. The molecule has 2 aromatic rings. The average Bonchev–Trinajstić information content (AvgIpc) is 2.27. The lowest BCUT2D eigenvalue weighted by molar-refractivity contribution is 0.0683. The molecule has 0 spiro atoms. The fourth-order valence-corrected chi connectivity index (χ4v) is 1.87. The van der Waals surface area contributed by atoms with Crippen LogP contribution in [0.2, 0.25) is 0 Å². The molecule has 15 heavy (non-hydrogen) atoms. The van der Waals surface area contributed by atoms with Crippen molar-refractivity contribution in [3.05, 3.63) is 30.1 Å². The maximum absolute atomic E-state index is 10.8. The van der Waals surface area contributed by atoms with Crippen molar-refractivity contribution in [1.82, 2.24) is 9.97 Å². The first kappa shape index (κ1) is 9.92. The van der Waals surface area contributed by atoms with Crippen molar-refractivity contribution in [3.8, 4) is 0 Å². The highest BCUT2D eigenvalue weighted by molar-refractivity contribution is 7.98. The van der Waals surface area contributed by atoms with Crippen LogP contribution in [0.15, 0.2) is 29.3 Å². The van der Waals surface area contributed by atoms with Crippen molar-refractivity contribution >= 4 is 28.6 Å². The Morgan fingerprint density at radius 1 is 1.33 bits per heavy atom. The Bertz CT molecular complexity index is 528. The van der Waals surface area contributed by atoms with Crippen molar-refractivity contribution in [3.63, 3.8) is 0 Å². The summed E-state index contributed by atoms with van der Waals surface area (Å²) >= 11 is 1.42. The fourth-order valence-electron chi connectivity index (χ4n) is 1.30. The van der Waals surface area contributed by atoms with Crippen LogP contribution in [-0.4, -0.2) is 27.3 Å². The highest BCUT2D eigenvalue weighted by atomic mass is 32.2. The molecule has 0 unspecified atom stereocenters. The van der Waals surface area contributed by atoms with Crippen LogP contribution in [0.1, 0.15) is 10.6 Å². The lowest BCUT2D eigenvalue weighted by Gasteiger charge is -2.03. The standard InChI is InChI=1S/C10H8N2O2S/c1-15-9-6-4-2-3-5-7(6)11-8(12-9)10(13)14/h2-5H,1H3,(H,13,14). The second-order valence-corrected chi connectivity index (χ2v) is 3.67. The highest BCUT2D eigenvalue weighted by Crippen LogP contribution is 2.22. The minimum atomic E-state index is -1.10. The molecule has 0 aliphatic carbocycles. The van der Waals surface area contributed by atoms with Gasteiger partial charge in [0.25, 0.3) is 0 Å². The van der Waals surface area contributed by atoms with Crippen molar-refractivity contribution in [2.24, 2.45) is 0 Å². The third kappa shape index (κ3) is 1.78. The smallest absolute Gasteiger partial charge is 0.373 e. The maximum atomic E-state index is 10.8. The minimum Gasteiger partial charge on any atom is -0.475 e. The first-order chi connectivity index (χ1) is 7.22. The number of aromatic carboxylic acids is 1. The van der Waals surface area contributed by atoms with Crippen molar-refractivity contribution < 1.29 is 9.90 Å². The number of fused-ring (bicyclic) bond motifs is 1. The van der Waals surface area contributed by atoms with Crippen molar-refractivity contribution in [2.45, 2.75) is 5.03 Å². The van der Waals surface area contributed by atoms with Gasteiger partial charge in [-0.3, -0.25) is 0 Å². The molecule has 2 rings (SSSR count). The number of hydrogen-bond donors (Lipinski definition) is 1. The van der Waals surface area contributed by atoms with Crippen LogP contribution < -0.4 is 0 Å². The van der Waals surface area contributed by atoms with Crippen LogP contribution in [0.4, 0.5) is 0 Å². The summed E-state index contributed by atoms with van der Waals surface area (Å²) < 4.78 is 0. The van der Waals surface area contributed by atoms with E-state index in [0.717, 1.165) is 5.39 Å². The zero-order chi connectivity index (χ0) is 10.8. The largest absolute Gasteiger partial charge is 0.475 e. The molecular formula is C10H8N2O2S. The second-order valence-electron chi connectivity index (χ2n) is 2.88. The molecule has 0 saturated carbocycles. The van der Waals surface area contributed by atoms with Gasteiger partial charge in [0.15, 0.2) is 0 Å². The molecule has 0 saturated heterocycles. The first-order valence-corrected chi connectivity index (χ1v) is 5.49. The molecule has 0 atom stereocenters. The van der Waals surface area contributed by atoms with E-state index in [1.165, 1.54) is 11.8 Å². The summed E-state index contributed by atoms with van der Waals surface area (Å²) in [5, 5.41) is 10.4. The third-order valence-electron chi connectivity index (χ3n) is 1.95. The van der Waals surface area contributed by atoms with Crippen LogP contribution in [0, 0.1) is 0 Å². The Labute approximate surface area is 90.4 Å². The molecular weight excluding hydrogens is 212 g/mol. The number of carboxylic acids is 1. The number of rotatable bonds is 2. The van der Waals surface area contributed by atoms with Gasteiger partial charge in [0.2, 0.25) is 5.82 Å². The summed E-state index contributed by atoms with van der Waals surface area (Å²) in [4.78, 5) is 18.7. The van der Waals surface area contributed by atoms with Gasteiger partial charge in [0.1, 0.15) is 5.03 Å². The maximum Gasteiger partial charge on any atom is 0.373 e. The molecule has 1 heterocycles. The van der Waals surface area contributed by atoms with E-state index >= 15 is 0 Å². The Morgan fingerprint density at radius 2 is 2.07 bits per heavy atom. The monoisotopic (exact) mass is 220 g/mol. The molecule has 1 aromatic carbocycles. The quantitative estimate of drug-likeness (QED) is 0.620. The van der Waals surface area contributed by atoms with Crippen molar-refractivity contribution in [2.75, 3.05) is 6.26 Å². The van der Waals surface area contributed by atoms with Gasteiger partial charge in [0, 0.05) is 5.39 Å². The second kappa shape index (κ2) is 3.86. The number of hydrogen-bond acceptors (Lipinski definition) is 4. The Balaban J connectivity index is 2.77. The fraction of sp³-hybridized carbons (Fsp3) is 0.100. The van der Waals surface area contributed by atoms with Crippen LogP contribution in [0.3, 0.4) is 0 Å². The van der Waals surface area contributed by atoms with E-state index in [2.05, 4.69) is 9.97 Å². The predicted molar refractivity (Wildman–Crippen MR) is 58.3 cm³/mol. The van der Waals surface area contributed by atoms with Crippen LogP contribution in [-0.2, 0) is 0 Å². The summed E-state index contributed by atoms with van der Waals surface area (Å²) in [6.45, 7) is 0. The number of aromatic nitrogens is 2. The molecule has 0 fully saturated rings. The molecule has 0 aliphatic heterocycles. The van der Waals surface area contributed by atoms with E-state index in [4.69, 9.17) is 5.11 Å². The van der Waals surface area contributed by atoms with E-state index in [1.807, 2.05) is 24.5 Å². The predicted octanol–water partition coefficient (Wildman–Crippen LogP) is 2.05. The number of carboxylic acid groups (broad SMARTS) is 1. The molecule has 0 aliphatic rings. The van der Waals surface area contributed by atoms with E-state index in [0.29, 0.717) is 10.5 Å². The molecule has 0 amide bonds. The van der Waals surface area contributed by atoms with E-state index in [-0.39, 0.29) is 5.82 Å². The van der Waals surface area contributed by atoms with Gasteiger partial charge < -0.3 is 5.11 Å². The summed E-state index contributed by atoms with van der Waals surface area (Å²) in [5.41, 5.74) is 0.661. The number of benzene rings is 1. The van der Waals surface area contributed by atoms with E-state index < -0.39 is 5.97 Å². The Hall–Kier alpha value is -1.62. The lowest BCUT2D eigenvalue weighted by atomic mass is 10.2. The topological polar surface area (TPSA) is 63.1 Å². The number of nitrogens with zero attached hydrogens (tertiary/aromatic N) is 2. The van der Waals surface area contributed by atoms with Gasteiger partial charge in [-0.1, -0.05) is 18.2 Å². The number of para-hydroxylation sites is 1. The molecule has 5 heteroatoms. The number of carbonyl (C=O) groups is 1. The minimum absolute atomic E-state index is 0.155. The van der Waals surface area contributed by atoms with E-state index in [1.54, 1.807) is 6.07 Å². The van der Waals surface area contributed by atoms with E-state index in [9.17, 15) is 4.79 Å². The normalized spacial score (nSPS) is 10.5. The summed E-state index contributed by atoms with van der Waals surface area (Å²) in [5.74, 6) is -1.26. The highest BCUT2D eigenvalue weighted by Gasteiger charge is 2.11. The van der Waals surface area contributed by atoms with Gasteiger partial charge in [-0.2, -0.15) is 0 Å². The molecule has 0 radical (unpaired) electrons. The zero-order valence-corrected chi connectivity index (χ0v) is 8.78. The van der Waals surface area contributed by atoms with Crippen molar-refractivity contribution in [1.29, 1.82) is 0 Å². The molecule has 76 valence electrons. The molecule has 4 nitrogen and oxygen atoms in total. The Kier molecular flexibility index (Phi) is 2.55. The SMILES string of the molecule is CSc1nc(C(=O)O)nc2ccccc12.